The lowest BCUT2D eigenvalue weighted by Gasteiger charge is -2.27. The highest BCUT2D eigenvalue weighted by atomic mass is 15.6. The van der Waals surface area contributed by atoms with Crippen molar-refractivity contribution in [2.24, 2.45) is 10.3 Å². The van der Waals surface area contributed by atoms with Crippen LogP contribution >= 0.6 is 0 Å². The van der Waals surface area contributed by atoms with Crippen LogP contribution in [0.3, 0.4) is 0 Å². The van der Waals surface area contributed by atoms with E-state index >= 15 is 0 Å². The number of benzene rings is 2. The number of hydrogen-bond donors (Lipinski definition) is 0. The van der Waals surface area contributed by atoms with Crippen molar-refractivity contribution in [2.75, 3.05) is 18.6 Å². The number of hydrogen-bond acceptors (Lipinski definition) is 5. The molecule has 1 atom stereocenters. The molecule has 0 bridgehead atoms. The van der Waals surface area contributed by atoms with Crippen molar-refractivity contribution in [3.63, 3.8) is 0 Å². The molecule has 2 aromatic carbocycles. The van der Waals surface area contributed by atoms with Crippen LogP contribution in [0.15, 0.2) is 77.2 Å². The topological polar surface area (TPSA) is 55.0 Å². The number of nitriles is 1. The van der Waals surface area contributed by atoms with Crippen LogP contribution in [0, 0.1) is 11.3 Å². The van der Waals surface area contributed by atoms with Gasteiger partial charge in [-0.2, -0.15) is 5.26 Å². The molecule has 24 heavy (non-hydrogen) atoms. The molecule has 0 unspecified atom stereocenters. The monoisotopic (exact) mass is 317 g/mol. The zero-order valence-corrected chi connectivity index (χ0v) is 13.6. The number of anilines is 1. The maximum Gasteiger partial charge on any atom is 0.110 e. The molecular formula is C19H19N5. The van der Waals surface area contributed by atoms with Gasteiger partial charge in [0.1, 0.15) is 6.04 Å². The highest BCUT2D eigenvalue weighted by Gasteiger charge is 2.28. The van der Waals surface area contributed by atoms with E-state index in [0.717, 1.165) is 24.5 Å². The minimum absolute atomic E-state index is 0.00773. The number of nitrogens with zero attached hydrogens (tertiary/aromatic N) is 5. The molecule has 5 heteroatoms. The Labute approximate surface area is 142 Å². The van der Waals surface area contributed by atoms with Crippen molar-refractivity contribution in [1.82, 2.24) is 4.90 Å². The van der Waals surface area contributed by atoms with Crippen molar-refractivity contribution in [3.8, 4) is 6.07 Å². The van der Waals surface area contributed by atoms with Gasteiger partial charge in [-0.3, -0.25) is 4.90 Å². The zero-order valence-electron chi connectivity index (χ0n) is 13.6. The summed E-state index contributed by atoms with van der Waals surface area (Å²) in [5.74, 6) is 0. The van der Waals surface area contributed by atoms with E-state index in [1.54, 1.807) is 12.1 Å². The Bertz CT molecular complexity index is 774. The Kier molecular flexibility index (Phi) is 4.69. The third-order valence-corrected chi connectivity index (χ3v) is 3.99. The van der Waals surface area contributed by atoms with Crippen LogP contribution in [0.1, 0.15) is 11.1 Å². The van der Waals surface area contributed by atoms with Gasteiger partial charge in [0.15, 0.2) is 0 Å². The van der Waals surface area contributed by atoms with Crippen LogP contribution in [0.4, 0.5) is 5.69 Å². The molecule has 0 saturated heterocycles. The third-order valence-electron chi connectivity index (χ3n) is 3.99. The van der Waals surface area contributed by atoms with Crippen LogP contribution in [0.2, 0.25) is 0 Å². The van der Waals surface area contributed by atoms with Crippen molar-refractivity contribution >= 4 is 5.69 Å². The molecule has 1 aliphatic rings. The van der Waals surface area contributed by atoms with Crippen molar-refractivity contribution < 1.29 is 0 Å². The molecule has 1 aliphatic heterocycles. The van der Waals surface area contributed by atoms with Crippen molar-refractivity contribution in [3.05, 3.63) is 78.0 Å². The van der Waals surface area contributed by atoms with Gasteiger partial charge < -0.3 is 0 Å². The Balaban J connectivity index is 1.70. The quantitative estimate of drug-likeness (QED) is 0.843. The molecule has 2 aromatic rings. The second kappa shape index (κ2) is 7.07. The smallest absolute Gasteiger partial charge is 0.110 e. The van der Waals surface area contributed by atoms with Gasteiger partial charge in [0.25, 0.3) is 0 Å². The molecular weight excluding hydrogens is 298 g/mol. The number of likely N-dealkylation sites (N-methyl/N-ethyl adjacent to an activating group) is 1. The van der Waals surface area contributed by atoms with E-state index in [9.17, 15) is 0 Å². The van der Waals surface area contributed by atoms with Gasteiger partial charge in [0.2, 0.25) is 0 Å². The maximum absolute atomic E-state index is 8.92. The minimum Gasteiger partial charge on any atom is -0.300 e. The molecule has 0 fully saturated rings. The van der Waals surface area contributed by atoms with Crippen LogP contribution in [0.5, 0.6) is 0 Å². The van der Waals surface area contributed by atoms with Gasteiger partial charge in [0, 0.05) is 13.1 Å². The molecule has 0 amide bonds. The Morgan fingerprint density at radius 3 is 2.54 bits per heavy atom. The fourth-order valence-corrected chi connectivity index (χ4v) is 2.73. The van der Waals surface area contributed by atoms with Crippen LogP contribution < -0.4 is 5.01 Å². The first-order valence-electron chi connectivity index (χ1n) is 7.79. The summed E-state index contributed by atoms with van der Waals surface area (Å²) in [5, 5.41) is 19.2. The van der Waals surface area contributed by atoms with E-state index in [-0.39, 0.29) is 6.04 Å². The molecule has 5 nitrogen and oxygen atoms in total. The molecule has 0 aliphatic carbocycles. The van der Waals surface area contributed by atoms with Gasteiger partial charge in [-0.1, -0.05) is 42.1 Å². The van der Waals surface area contributed by atoms with E-state index in [1.807, 2.05) is 35.3 Å². The predicted octanol–water partition coefficient (Wildman–Crippen LogP) is 3.76. The zero-order chi connectivity index (χ0) is 16.9. The lowest BCUT2D eigenvalue weighted by atomic mass is 10.1. The average Bonchev–Trinajstić information content (AvgIpc) is 2.96. The Morgan fingerprint density at radius 2 is 1.88 bits per heavy atom. The highest BCUT2D eigenvalue weighted by Crippen LogP contribution is 2.28. The highest BCUT2D eigenvalue weighted by molar-refractivity contribution is 5.52. The second-order valence-corrected chi connectivity index (χ2v) is 5.88. The third kappa shape index (κ3) is 3.50. The summed E-state index contributed by atoms with van der Waals surface area (Å²) in [5.41, 5.74) is 3.56. The maximum atomic E-state index is 8.92. The first-order chi connectivity index (χ1) is 11.7. The molecule has 0 radical (unpaired) electrons. The summed E-state index contributed by atoms with van der Waals surface area (Å²) < 4.78 is 0. The van der Waals surface area contributed by atoms with E-state index < -0.39 is 0 Å². The lowest BCUT2D eigenvalue weighted by Crippen LogP contribution is -2.38. The Hall–Kier alpha value is -2.97. The molecule has 0 aromatic heterocycles. The largest absolute Gasteiger partial charge is 0.300 e. The molecule has 0 saturated carbocycles. The summed E-state index contributed by atoms with van der Waals surface area (Å²) in [6.45, 7) is 5.64. The lowest BCUT2D eigenvalue weighted by molar-refractivity contribution is 0.313. The molecule has 3 rings (SSSR count). The standard InChI is InChI=1S/C19H19N5/c1-15-19(14-23(2)13-17-6-4-3-5-7-17)24(22-21-15)18-10-8-16(12-20)9-11-18/h3-11,19H,1,13-14H2,2H3/t19-/m1/s1. The summed E-state index contributed by atoms with van der Waals surface area (Å²) >= 11 is 0. The molecule has 120 valence electrons. The predicted molar refractivity (Wildman–Crippen MR) is 94.2 cm³/mol. The van der Waals surface area contributed by atoms with E-state index in [2.05, 4.69) is 47.1 Å². The molecule has 0 N–H and O–H groups in total. The summed E-state index contributed by atoms with van der Waals surface area (Å²) in [6, 6.07) is 19.8. The van der Waals surface area contributed by atoms with Crippen LogP contribution in [0.25, 0.3) is 0 Å². The first-order valence-corrected chi connectivity index (χ1v) is 7.79. The van der Waals surface area contributed by atoms with Gasteiger partial charge in [0.05, 0.1) is 23.0 Å². The van der Waals surface area contributed by atoms with Gasteiger partial charge in [-0.05, 0) is 36.9 Å². The van der Waals surface area contributed by atoms with E-state index in [0.29, 0.717) is 5.56 Å². The molecule has 0 spiro atoms. The van der Waals surface area contributed by atoms with Gasteiger partial charge in [-0.15, -0.1) is 5.11 Å². The number of rotatable bonds is 5. The van der Waals surface area contributed by atoms with Crippen LogP contribution in [-0.2, 0) is 6.54 Å². The minimum atomic E-state index is -0.00773. The fraction of sp³-hybridized carbons (Fsp3) is 0.211. The second-order valence-electron chi connectivity index (χ2n) is 5.88. The van der Waals surface area contributed by atoms with Crippen LogP contribution in [-0.4, -0.2) is 24.5 Å². The van der Waals surface area contributed by atoms with E-state index in [1.165, 1.54) is 5.56 Å². The van der Waals surface area contributed by atoms with Gasteiger partial charge >= 0.3 is 0 Å². The summed E-state index contributed by atoms with van der Waals surface area (Å²) in [4.78, 5) is 2.23. The Morgan fingerprint density at radius 1 is 1.17 bits per heavy atom. The van der Waals surface area contributed by atoms with E-state index in [4.69, 9.17) is 5.26 Å². The first kappa shape index (κ1) is 15.9. The fourth-order valence-electron chi connectivity index (χ4n) is 2.73. The normalized spacial score (nSPS) is 16.6. The van der Waals surface area contributed by atoms with Crippen molar-refractivity contribution in [2.45, 2.75) is 12.6 Å². The summed E-state index contributed by atoms with van der Waals surface area (Å²) in [7, 11) is 2.08. The summed E-state index contributed by atoms with van der Waals surface area (Å²) in [6.07, 6.45) is 0. The van der Waals surface area contributed by atoms with Crippen molar-refractivity contribution in [1.29, 1.82) is 5.26 Å². The van der Waals surface area contributed by atoms with Gasteiger partial charge in [-0.25, -0.2) is 5.01 Å². The SMILES string of the molecule is C=C1N=NN(c2ccc(C#N)cc2)[C@@H]1CN(C)Cc1ccccc1. The average molecular weight is 317 g/mol. The molecule has 1 heterocycles.